The van der Waals surface area contributed by atoms with Crippen LogP contribution in [-0.4, -0.2) is 62.1 Å². The van der Waals surface area contributed by atoms with E-state index in [4.69, 9.17) is 0 Å². The molecular weight excluding hydrogens is 453 g/mol. The number of aliphatic imine (C=N–C) groups is 1. The maximum atomic E-state index is 12.2. The van der Waals surface area contributed by atoms with Gasteiger partial charge in [-0.15, -0.1) is 24.0 Å². The van der Waals surface area contributed by atoms with Crippen LogP contribution in [0.3, 0.4) is 0 Å². The summed E-state index contributed by atoms with van der Waals surface area (Å²) in [6.07, 6.45) is 2.63. The lowest BCUT2D eigenvalue weighted by Crippen LogP contribution is -2.42. The third kappa shape index (κ3) is 7.61. The van der Waals surface area contributed by atoms with E-state index in [-0.39, 0.29) is 29.7 Å². The van der Waals surface area contributed by atoms with Crippen molar-refractivity contribution in [1.29, 1.82) is 0 Å². The highest BCUT2D eigenvalue weighted by molar-refractivity contribution is 14.0. The van der Waals surface area contributed by atoms with Crippen molar-refractivity contribution in [3.8, 4) is 5.75 Å². The van der Waals surface area contributed by atoms with Gasteiger partial charge in [0.1, 0.15) is 5.75 Å². The topological polar surface area (TPSA) is 40.1 Å². The molecule has 0 amide bonds. The maximum absolute atomic E-state index is 12.2. The molecule has 0 bridgehead atoms. The van der Waals surface area contributed by atoms with E-state index in [9.17, 15) is 8.78 Å². The van der Waals surface area contributed by atoms with Crippen molar-refractivity contribution in [2.45, 2.75) is 39.0 Å². The Labute approximate surface area is 171 Å². The zero-order valence-corrected chi connectivity index (χ0v) is 18.0. The molecule has 8 heteroatoms. The highest BCUT2D eigenvalue weighted by atomic mass is 127. The van der Waals surface area contributed by atoms with Crippen molar-refractivity contribution in [2.24, 2.45) is 4.99 Å². The monoisotopic (exact) mass is 482 g/mol. The summed E-state index contributed by atoms with van der Waals surface area (Å²) in [4.78, 5) is 8.81. The average Bonchev–Trinajstić information content (AvgIpc) is 3.41. The number of nitrogens with one attached hydrogen (secondary N) is 1. The Balaban J connectivity index is 0.00000338. The quantitative estimate of drug-likeness (QED) is 0.333. The second-order valence-electron chi connectivity index (χ2n) is 6.21. The second kappa shape index (κ2) is 11.5. The Morgan fingerprint density at radius 2 is 1.96 bits per heavy atom. The number of benzene rings is 1. The van der Waals surface area contributed by atoms with E-state index < -0.39 is 6.61 Å². The third-order valence-corrected chi connectivity index (χ3v) is 4.29. The molecule has 1 aromatic rings. The maximum Gasteiger partial charge on any atom is 0.387 e. The zero-order valence-electron chi connectivity index (χ0n) is 15.6. The van der Waals surface area contributed by atoms with Crippen LogP contribution in [0.25, 0.3) is 0 Å². The molecule has 0 radical (unpaired) electrons. The summed E-state index contributed by atoms with van der Waals surface area (Å²) in [7, 11) is 3.72. The molecule has 0 aromatic heterocycles. The summed E-state index contributed by atoms with van der Waals surface area (Å²) in [6, 6.07) is 7.45. The molecule has 0 unspecified atom stereocenters. The van der Waals surface area contributed by atoms with Gasteiger partial charge in [-0.3, -0.25) is 9.89 Å². The van der Waals surface area contributed by atoms with Crippen LogP contribution in [0.4, 0.5) is 8.78 Å². The highest BCUT2D eigenvalue weighted by Crippen LogP contribution is 2.25. The van der Waals surface area contributed by atoms with Gasteiger partial charge < -0.3 is 15.0 Å². The summed E-state index contributed by atoms with van der Waals surface area (Å²) in [5.41, 5.74) is 1.00. The number of guanidine groups is 1. The van der Waals surface area contributed by atoms with E-state index in [0.29, 0.717) is 6.54 Å². The summed E-state index contributed by atoms with van der Waals surface area (Å²) < 4.78 is 28.7. The van der Waals surface area contributed by atoms with E-state index in [1.807, 2.05) is 11.9 Å². The minimum absolute atomic E-state index is 0. The molecule has 1 aliphatic carbocycles. The summed E-state index contributed by atoms with van der Waals surface area (Å²) >= 11 is 0. The zero-order chi connectivity index (χ0) is 18.2. The number of hydrogen-bond acceptors (Lipinski definition) is 3. The first-order chi connectivity index (χ1) is 12.0. The highest BCUT2D eigenvalue weighted by Gasteiger charge is 2.27. The first kappa shape index (κ1) is 22.9. The van der Waals surface area contributed by atoms with E-state index in [2.05, 4.69) is 26.9 Å². The van der Waals surface area contributed by atoms with Crippen LogP contribution in [0.5, 0.6) is 5.75 Å². The fourth-order valence-corrected chi connectivity index (χ4v) is 2.86. The van der Waals surface area contributed by atoms with Gasteiger partial charge in [-0.05, 0) is 37.1 Å². The Kier molecular flexibility index (Phi) is 10.1. The lowest BCUT2D eigenvalue weighted by atomic mass is 10.2. The number of ether oxygens (including phenoxy) is 1. The van der Waals surface area contributed by atoms with Crippen molar-refractivity contribution in [3.05, 3.63) is 29.8 Å². The molecule has 1 fully saturated rings. The van der Waals surface area contributed by atoms with Gasteiger partial charge in [0, 0.05) is 39.8 Å². The minimum atomic E-state index is -2.80. The molecule has 1 aliphatic rings. The van der Waals surface area contributed by atoms with Gasteiger partial charge in [-0.25, -0.2) is 0 Å². The molecule has 0 atom stereocenters. The lowest BCUT2D eigenvalue weighted by Gasteiger charge is -2.24. The van der Waals surface area contributed by atoms with Gasteiger partial charge in [-0.2, -0.15) is 8.78 Å². The molecule has 1 saturated carbocycles. The van der Waals surface area contributed by atoms with Crippen LogP contribution in [0, 0.1) is 0 Å². The number of alkyl halides is 2. The van der Waals surface area contributed by atoms with Crippen LogP contribution in [-0.2, 0) is 6.54 Å². The lowest BCUT2D eigenvalue weighted by molar-refractivity contribution is -0.0498. The average molecular weight is 482 g/mol. The number of nitrogens with zero attached hydrogens (tertiary/aromatic N) is 3. The molecule has 0 aliphatic heterocycles. The Morgan fingerprint density at radius 3 is 2.46 bits per heavy atom. The van der Waals surface area contributed by atoms with Crippen molar-refractivity contribution < 1.29 is 13.5 Å². The van der Waals surface area contributed by atoms with E-state index in [1.54, 1.807) is 31.3 Å². The Bertz CT molecular complexity index is 553. The summed E-state index contributed by atoms with van der Waals surface area (Å²) in [5, 5.41) is 3.38. The fourth-order valence-electron chi connectivity index (χ4n) is 2.86. The minimum Gasteiger partial charge on any atom is -0.435 e. The molecule has 2 rings (SSSR count). The molecule has 5 nitrogen and oxygen atoms in total. The normalized spacial score (nSPS) is 14.3. The van der Waals surface area contributed by atoms with Crippen molar-refractivity contribution in [1.82, 2.24) is 15.1 Å². The molecule has 0 saturated heterocycles. The molecule has 0 heterocycles. The smallest absolute Gasteiger partial charge is 0.387 e. The van der Waals surface area contributed by atoms with Gasteiger partial charge in [-0.1, -0.05) is 19.1 Å². The third-order valence-electron chi connectivity index (χ3n) is 4.29. The molecule has 26 heavy (non-hydrogen) atoms. The molecule has 1 N–H and O–H groups in total. The van der Waals surface area contributed by atoms with Crippen LogP contribution in [0.1, 0.15) is 25.3 Å². The van der Waals surface area contributed by atoms with Crippen LogP contribution >= 0.6 is 24.0 Å². The van der Waals surface area contributed by atoms with Crippen LogP contribution in [0.15, 0.2) is 29.3 Å². The van der Waals surface area contributed by atoms with Crippen molar-refractivity contribution in [3.63, 3.8) is 0 Å². The van der Waals surface area contributed by atoms with E-state index in [0.717, 1.165) is 37.2 Å². The van der Waals surface area contributed by atoms with Crippen molar-refractivity contribution in [2.75, 3.05) is 33.7 Å². The summed E-state index contributed by atoms with van der Waals surface area (Å²) in [6.45, 7) is 2.97. The Morgan fingerprint density at radius 1 is 1.31 bits per heavy atom. The SMILES string of the molecule is CCN(CCNC(=NC)N(C)Cc1ccc(OC(F)F)cc1)C1CC1.I. The second-order valence-corrected chi connectivity index (χ2v) is 6.21. The van der Waals surface area contributed by atoms with Gasteiger partial charge in [0.15, 0.2) is 5.96 Å². The number of halogens is 3. The van der Waals surface area contributed by atoms with Crippen LogP contribution in [0.2, 0.25) is 0 Å². The van der Waals surface area contributed by atoms with Crippen molar-refractivity contribution >= 4 is 29.9 Å². The predicted octanol–water partition coefficient (Wildman–Crippen LogP) is 3.40. The fraction of sp³-hybridized carbons (Fsp3) is 0.611. The standard InChI is InChI=1S/C18H28F2N4O.HI/c1-4-24(15-7-8-15)12-11-22-18(21-2)23(3)13-14-5-9-16(10-6-14)25-17(19)20;/h5-6,9-10,15,17H,4,7-8,11-13H2,1-3H3,(H,21,22);1H. The summed E-state index contributed by atoms with van der Waals surface area (Å²) in [5.74, 6) is 0.989. The number of rotatable bonds is 9. The largest absolute Gasteiger partial charge is 0.435 e. The van der Waals surface area contributed by atoms with E-state index >= 15 is 0 Å². The van der Waals surface area contributed by atoms with Gasteiger partial charge in [0.2, 0.25) is 0 Å². The predicted molar refractivity (Wildman–Crippen MR) is 112 cm³/mol. The van der Waals surface area contributed by atoms with Gasteiger partial charge in [0.25, 0.3) is 0 Å². The van der Waals surface area contributed by atoms with E-state index in [1.165, 1.54) is 12.8 Å². The van der Waals surface area contributed by atoms with Crippen LogP contribution < -0.4 is 10.1 Å². The molecular formula is C18H29F2IN4O. The molecule has 0 spiro atoms. The number of hydrogen-bond donors (Lipinski definition) is 1. The first-order valence-corrected chi connectivity index (χ1v) is 8.73. The molecule has 148 valence electrons. The molecule has 1 aromatic carbocycles. The van der Waals surface area contributed by atoms with Gasteiger partial charge in [0.05, 0.1) is 0 Å². The first-order valence-electron chi connectivity index (χ1n) is 8.73. The van der Waals surface area contributed by atoms with Gasteiger partial charge >= 0.3 is 6.61 Å². The number of likely N-dealkylation sites (N-methyl/N-ethyl adjacent to an activating group) is 1. The Hall–Kier alpha value is -1.16.